The van der Waals surface area contributed by atoms with E-state index in [1.807, 2.05) is 20.8 Å². The van der Waals surface area contributed by atoms with Crippen molar-refractivity contribution >= 4 is 11.9 Å². The van der Waals surface area contributed by atoms with E-state index in [1.165, 1.54) is 0 Å². The Hall–Kier alpha value is -1.10. The van der Waals surface area contributed by atoms with E-state index in [1.54, 1.807) is 0 Å². The molecule has 3 atom stereocenters. The van der Waals surface area contributed by atoms with Crippen molar-refractivity contribution in [2.75, 3.05) is 6.54 Å². The molecule has 0 spiro atoms. The Balaban J connectivity index is 4.45. The van der Waals surface area contributed by atoms with Gasteiger partial charge in [0.2, 0.25) is 5.91 Å². The van der Waals surface area contributed by atoms with E-state index in [2.05, 4.69) is 19.2 Å². The van der Waals surface area contributed by atoms with Crippen LogP contribution in [0.2, 0.25) is 0 Å². The monoisotopic (exact) mass is 286 g/mol. The lowest BCUT2D eigenvalue weighted by Crippen LogP contribution is -2.44. The van der Waals surface area contributed by atoms with E-state index in [4.69, 9.17) is 10.8 Å². The fraction of sp³-hybridized carbons (Fsp3) is 0.867. The van der Waals surface area contributed by atoms with Crippen molar-refractivity contribution in [3.63, 3.8) is 0 Å². The van der Waals surface area contributed by atoms with Crippen LogP contribution in [0.4, 0.5) is 0 Å². The van der Waals surface area contributed by atoms with Crippen LogP contribution in [0, 0.1) is 23.7 Å². The summed E-state index contributed by atoms with van der Waals surface area (Å²) in [7, 11) is 0. The van der Waals surface area contributed by atoms with Crippen molar-refractivity contribution in [1.29, 1.82) is 0 Å². The third kappa shape index (κ3) is 7.48. The summed E-state index contributed by atoms with van der Waals surface area (Å²) in [6.45, 7) is 10.6. The van der Waals surface area contributed by atoms with E-state index in [-0.39, 0.29) is 24.2 Å². The molecule has 0 aromatic heterocycles. The quantitative estimate of drug-likeness (QED) is 0.603. The Morgan fingerprint density at radius 2 is 1.70 bits per heavy atom. The Morgan fingerprint density at radius 3 is 2.10 bits per heavy atom. The van der Waals surface area contributed by atoms with Crippen molar-refractivity contribution in [2.24, 2.45) is 29.4 Å². The molecule has 0 bridgehead atoms. The molecule has 2 unspecified atom stereocenters. The SMILES string of the molecule is CC(C)C[C@H](N)C(=O)NCC(CC(=O)O)C(C)C(C)C. The third-order valence-corrected chi connectivity index (χ3v) is 3.83. The smallest absolute Gasteiger partial charge is 0.303 e. The average Bonchev–Trinajstić information content (AvgIpc) is 2.31. The summed E-state index contributed by atoms with van der Waals surface area (Å²) in [6.07, 6.45) is 0.703. The molecule has 1 amide bonds. The fourth-order valence-corrected chi connectivity index (χ4v) is 2.19. The summed E-state index contributed by atoms with van der Waals surface area (Å²) >= 11 is 0. The molecule has 5 heteroatoms. The van der Waals surface area contributed by atoms with Gasteiger partial charge in [0, 0.05) is 6.54 Å². The van der Waals surface area contributed by atoms with Gasteiger partial charge in [-0.2, -0.15) is 0 Å². The summed E-state index contributed by atoms with van der Waals surface area (Å²) < 4.78 is 0. The molecule has 0 saturated heterocycles. The van der Waals surface area contributed by atoms with Gasteiger partial charge in [0.15, 0.2) is 0 Å². The van der Waals surface area contributed by atoms with E-state index in [0.29, 0.717) is 24.8 Å². The predicted molar refractivity (Wildman–Crippen MR) is 80.2 cm³/mol. The number of hydrogen-bond acceptors (Lipinski definition) is 3. The minimum atomic E-state index is -0.830. The first-order chi connectivity index (χ1) is 9.15. The summed E-state index contributed by atoms with van der Waals surface area (Å²) in [5.74, 6) is -0.121. The zero-order valence-electron chi connectivity index (χ0n) is 13.3. The zero-order chi connectivity index (χ0) is 15.9. The van der Waals surface area contributed by atoms with Crippen molar-refractivity contribution in [3.8, 4) is 0 Å². The topological polar surface area (TPSA) is 92.4 Å². The molecule has 0 heterocycles. The number of nitrogens with two attached hydrogens (primary N) is 1. The van der Waals surface area contributed by atoms with Crippen LogP contribution >= 0.6 is 0 Å². The maximum Gasteiger partial charge on any atom is 0.303 e. The minimum absolute atomic E-state index is 0.0669. The van der Waals surface area contributed by atoms with Crippen LogP contribution in [0.15, 0.2) is 0 Å². The number of carboxylic acids is 1. The molecule has 4 N–H and O–H groups in total. The summed E-state index contributed by atoms with van der Waals surface area (Å²) in [5, 5.41) is 11.8. The second-order valence-electron chi connectivity index (χ2n) is 6.44. The van der Waals surface area contributed by atoms with E-state index in [9.17, 15) is 9.59 Å². The second-order valence-corrected chi connectivity index (χ2v) is 6.44. The van der Waals surface area contributed by atoms with Gasteiger partial charge in [-0.25, -0.2) is 0 Å². The highest BCUT2D eigenvalue weighted by Gasteiger charge is 2.24. The lowest BCUT2D eigenvalue weighted by atomic mass is 9.83. The van der Waals surface area contributed by atoms with Gasteiger partial charge in [-0.1, -0.05) is 34.6 Å². The molecule has 20 heavy (non-hydrogen) atoms. The van der Waals surface area contributed by atoms with Crippen LogP contribution in [0.25, 0.3) is 0 Å². The van der Waals surface area contributed by atoms with Gasteiger partial charge in [0.25, 0.3) is 0 Å². The summed E-state index contributed by atoms with van der Waals surface area (Å²) in [6, 6.07) is -0.519. The van der Waals surface area contributed by atoms with Crippen LogP contribution in [0.5, 0.6) is 0 Å². The van der Waals surface area contributed by atoms with Crippen molar-refractivity contribution in [1.82, 2.24) is 5.32 Å². The van der Waals surface area contributed by atoms with Gasteiger partial charge in [-0.05, 0) is 30.1 Å². The molecule has 0 aliphatic heterocycles. The van der Waals surface area contributed by atoms with Gasteiger partial charge in [0.05, 0.1) is 12.5 Å². The predicted octanol–water partition coefficient (Wildman–Crippen LogP) is 1.86. The van der Waals surface area contributed by atoms with Gasteiger partial charge in [0.1, 0.15) is 0 Å². The minimum Gasteiger partial charge on any atom is -0.481 e. The number of hydrogen-bond donors (Lipinski definition) is 3. The first kappa shape index (κ1) is 18.9. The molecular formula is C15H30N2O3. The van der Waals surface area contributed by atoms with E-state index < -0.39 is 12.0 Å². The van der Waals surface area contributed by atoms with Crippen molar-refractivity contribution < 1.29 is 14.7 Å². The zero-order valence-corrected chi connectivity index (χ0v) is 13.3. The molecule has 0 aromatic rings. The van der Waals surface area contributed by atoms with Gasteiger partial charge in [-0.3, -0.25) is 9.59 Å². The number of aliphatic carboxylic acids is 1. The van der Waals surface area contributed by atoms with E-state index in [0.717, 1.165) is 0 Å². The number of nitrogens with one attached hydrogen (secondary N) is 1. The van der Waals surface area contributed by atoms with Crippen molar-refractivity contribution in [3.05, 3.63) is 0 Å². The lowest BCUT2D eigenvalue weighted by molar-refractivity contribution is -0.139. The van der Waals surface area contributed by atoms with Gasteiger partial charge >= 0.3 is 5.97 Å². The Kier molecular flexibility index (Phi) is 8.46. The number of amides is 1. The highest BCUT2D eigenvalue weighted by atomic mass is 16.4. The maximum absolute atomic E-state index is 11.9. The molecule has 5 nitrogen and oxygen atoms in total. The van der Waals surface area contributed by atoms with Crippen LogP contribution in [0.1, 0.15) is 47.5 Å². The Labute approximate surface area is 122 Å². The Morgan fingerprint density at radius 1 is 1.15 bits per heavy atom. The highest BCUT2D eigenvalue weighted by Crippen LogP contribution is 2.23. The molecule has 0 aliphatic rings. The molecule has 0 aliphatic carbocycles. The molecule has 0 saturated carbocycles. The second kappa shape index (κ2) is 8.95. The number of carbonyl (C=O) groups excluding carboxylic acids is 1. The molecule has 0 aromatic carbocycles. The molecule has 118 valence electrons. The number of carboxylic acid groups (broad SMARTS) is 1. The standard InChI is InChI=1S/C15H30N2O3/c1-9(2)6-13(16)15(20)17-8-12(7-14(18)19)11(5)10(3)4/h9-13H,6-8,16H2,1-5H3,(H,17,20)(H,18,19)/t11?,12?,13-/m0/s1. The normalized spacial score (nSPS) is 16.0. The van der Waals surface area contributed by atoms with Crippen molar-refractivity contribution in [2.45, 2.75) is 53.5 Å². The first-order valence-electron chi connectivity index (χ1n) is 7.40. The first-order valence-corrected chi connectivity index (χ1v) is 7.40. The van der Waals surface area contributed by atoms with Crippen LogP contribution in [0.3, 0.4) is 0 Å². The van der Waals surface area contributed by atoms with Crippen LogP contribution in [-0.2, 0) is 9.59 Å². The molecular weight excluding hydrogens is 256 g/mol. The van der Waals surface area contributed by atoms with Crippen LogP contribution in [-0.4, -0.2) is 29.6 Å². The number of carbonyl (C=O) groups is 2. The largest absolute Gasteiger partial charge is 0.481 e. The molecule has 0 fully saturated rings. The fourth-order valence-electron chi connectivity index (χ4n) is 2.19. The number of rotatable bonds is 9. The van der Waals surface area contributed by atoms with Crippen LogP contribution < -0.4 is 11.1 Å². The summed E-state index contributed by atoms with van der Waals surface area (Å²) in [5.41, 5.74) is 5.81. The third-order valence-electron chi connectivity index (χ3n) is 3.83. The van der Waals surface area contributed by atoms with Gasteiger partial charge in [-0.15, -0.1) is 0 Å². The maximum atomic E-state index is 11.9. The van der Waals surface area contributed by atoms with Gasteiger partial charge < -0.3 is 16.2 Å². The highest BCUT2D eigenvalue weighted by molar-refractivity contribution is 5.81. The molecule has 0 radical (unpaired) electrons. The summed E-state index contributed by atoms with van der Waals surface area (Å²) in [4.78, 5) is 22.8. The lowest BCUT2D eigenvalue weighted by Gasteiger charge is -2.26. The molecule has 0 rings (SSSR count). The average molecular weight is 286 g/mol. The Bertz CT molecular complexity index is 316. The van der Waals surface area contributed by atoms with E-state index >= 15 is 0 Å².